The number of aromatic nitrogens is 2. The summed E-state index contributed by atoms with van der Waals surface area (Å²) < 4.78 is 0. The van der Waals surface area contributed by atoms with Gasteiger partial charge in [0.2, 0.25) is 0 Å². The van der Waals surface area contributed by atoms with Crippen LogP contribution in [0.1, 0.15) is 18.6 Å². The van der Waals surface area contributed by atoms with E-state index in [9.17, 15) is 9.90 Å². The Balaban J connectivity index is 2.20. The van der Waals surface area contributed by atoms with Crippen molar-refractivity contribution in [1.82, 2.24) is 9.97 Å². The number of rotatable bonds is 3. The number of aliphatic hydroxyl groups is 1. The van der Waals surface area contributed by atoms with Gasteiger partial charge in [-0.3, -0.25) is 4.79 Å². The molecule has 6 heteroatoms. The first kappa shape index (κ1) is 12.7. The van der Waals surface area contributed by atoms with Gasteiger partial charge in [0, 0.05) is 11.0 Å². The maximum absolute atomic E-state index is 11.2. The zero-order valence-electron chi connectivity index (χ0n) is 9.75. The van der Waals surface area contributed by atoms with E-state index in [1.807, 2.05) is 24.3 Å². The van der Waals surface area contributed by atoms with Gasteiger partial charge in [-0.25, -0.2) is 4.98 Å². The summed E-state index contributed by atoms with van der Waals surface area (Å²) in [5.74, 6) is 0.196. The molecule has 0 aliphatic carbocycles. The van der Waals surface area contributed by atoms with Crippen molar-refractivity contribution in [2.45, 2.75) is 23.1 Å². The molecule has 0 aliphatic heterocycles. The van der Waals surface area contributed by atoms with Crippen molar-refractivity contribution in [2.24, 2.45) is 0 Å². The number of nitrogen functional groups attached to an aromatic ring is 1. The SMILES string of the molecule is C[C@@H](O)c1ccc(Sc2nc(N)cc(=O)[nH]2)cc1. The summed E-state index contributed by atoms with van der Waals surface area (Å²) in [5, 5.41) is 9.84. The van der Waals surface area contributed by atoms with Gasteiger partial charge in [-0.05, 0) is 24.6 Å². The van der Waals surface area contributed by atoms with Crippen molar-refractivity contribution >= 4 is 17.6 Å². The molecule has 0 radical (unpaired) electrons. The third-order valence-electron chi connectivity index (χ3n) is 2.32. The summed E-state index contributed by atoms with van der Waals surface area (Å²) in [4.78, 5) is 18.8. The molecule has 0 amide bonds. The quantitative estimate of drug-likeness (QED) is 0.731. The molecule has 0 unspecified atom stereocenters. The normalized spacial score (nSPS) is 12.3. The van der Waals surface area contributed by atoms with Crippen LogP contribution in [0.2, 0.25) is 0 Å². The molecule has 5 nitrogen and oxygen atoms in total. The molecule has 0 saturated heterocycles. The van der Waals surface area contributed by atoms with Crippen LogP contribution in [0.4, 0.5) is 5.82 Å². The van der Waals surface area contributed by atoms with Crippen molar-refractivity contribution in [3.8, 4) is 0 Å². The number of H-pyrrole nitrogens is 1. The van der Waals surface area contributed by atoms with Crippen molar-refractivity contribution in [1.29, 1.82) is 0 Å². The van der Waals surface area contributed by atoms with Crippen molar-refractivity contribution < 1.29 is 5.11 Å². The molecule has 2 aromatic rings. The van der Waals surface area contributed by atoms with Gasteiger partial charge in [0.25, 0.3) is 5.56 Å². The number of aliphatic hydroxyl groups excluding tert-OH is 1. The van der Waals surface area contributed by atoms with Gasteiger partial charge < -0.3 is 15.8 Å². The highest BCUT2D eigenvalue weighted by Gasteiger charge is 2.04. The Bertz CT molecular complexity index is 593. The molecule has 0 spiro atoms. The van der Waals surface area contributed by atoms with E-state index in [1.54, 1.807) is 6.92 Å². The number of benzene rings is 1. The molecule has 1 atom stereocenters. The van der Waals surface area contributed by atoms with Crippen LogP contribution in [0.15, 0.2) is 45.2 Å². The number of nitrogens with two attached hydrogens (primary N) is 1. The average Bonchev–Trinajstić information content (AvgIpc) is 2.28. The van der Waals surface area contributed by atoms with Crippen LogP contribution in [0.5, 0.6) is 0 Å². The maximum Gasteiger partial charge on any atom is 0.253 e. The number of aromatic amines is 1. The summed E-state index contributed by atoms with van der Waals surface area (Å²) in [7, 11) is 0. The second kappa shape index (κ2) is 5.24. The molecule has 0 saturated carbocycles. The minimum Gasteiger partial charge on any atom is -0.389 e. The van der Waals surface area contributed by atoms with Gasteiger partial charge in [0.15, 0.2) is 5.16 Å². The number of nitrogens with one attached hydrogen (secondary N) is 1. The number of hydrogen-bond acceptors (Lipinski definition) is 5. The summed E-state index contributed by atoms with van der Waals surface area (Å²) in [6, 6.07) is 8.61. The van der Waals surface area contributed by atoms with E-state index in [4.69, 9.17) is 5.73 Å². The Labute approximate surface area is 108 Å². The molecular formula is C12H13N3O2S. The Kier molecular flexibility index (Phi) is 3.69. The number of hydrogen-bond donors (Lipinski definition) is 3. The van der Waals surface area contributed by atoms with Crippen molar-refractivity contribution in [3.63, 3.8) is 0 Å². The summed E-state index contributed by atoms with van der Waals surface area (Å²) >= 11 is 1.31. The van der Waals surface area contributed by atoms with Gasteiger partial charge in [-0.1, -0.05) is 23.9 Å². The Morgan fingerprint density at radius 2 is 2.06 bits per heavy atom. The standard InChI is InChI=1S/C12H13N3O2S/c1-7(16)8-2-4-9(5-3-8)18-12-14-10(13)6-11(17)15-12/h2-7,16H,1H3,(H3,13,14,15,17)/t7-/m1/s1. The Morgan fingerprint density at radius 3 is 2.61 bits per heavy atom. The van der Waals surface area contributed by atoms with Gasteiger partial charge in [-0.15, -0.1) is 0 Å². The lowest BCUT2D eigenvalue weighted by molar-refractivity contribution is 0.199. The van der Waals surface area contributed by atoms with Crippen LogP contribution in [0, 0.1) is 0 Å². The van der Waals surface area contributed by atoms with E-state index in [2.05, 4.69) is 9.97 Å². The Hall–Kier alpha value is -1.79. The van der Waals surface area contributed by atoms with Gasteiger partial charge in [0.05, 0.1) is 6.10 Å². The van der Waals surface area contributed by atoms with E-state index in [1.165, 1.54) is 17.8 Å². The number of anilines is 1. The molecule has 2 rings (SSSR count). The first-order valence-corrected chi connectivity index (χ1v) is 6.19. The predicted octanol–water partition coefficient (Wildman–Crippen LogP) is 1.56. The van der Waals surface area contributed by atoms with Crippen LogP contribution >= 0.6 is 11.8 Å². The largest absolute Gasteiger partial charge is 0.389 e. The monoisotopic (exact) mass is 263 g/mol. The van der Waals surface area contributed by atoms with E-state index in [0.29, 0.717) is 5.16 Å². The second-order valence-electron chi connectivity index (χ2n) is 3.82. The minimum atomic E-state index is -0.491. The molecule has 1 aromatic carbocycles. The third kappa shape index (κ3) is 3.12. The lowest BCUT2D eigenvalue weighted by atomic mass is 10.1. The summed E-state index contributed by atoms with van der Waals surface area (Å²) in [6.45, 7) is 1.71. The average molecular weight is 263 g/mol. The predicted molar refractivity (Wildman–Crippen MR) is 70.5 cm³/mol. The molecule has 1 heterocycles. The highest BCUT2D eigenvalue weighted by Crippen LogP contribution is 2.25. The van der Waals surface area contributed by atoms with Crippen LogP contribution < -0.4 is 11.3 Å². The fourth-order valence-electron chi connectivity index (χ4n) is 1.43. The zero-order valence-corrected chi connectivity index (χ0v) is 10.6. The lowest BCUT2D eigenvalue weighted by Crippen LogP contribution is -2.09. The first-order chi connectivity index (χ1) is 8.54. The van der Waals surface area contributed by atoms with E-state index in [-0.39, 0.29) is 11.4 Å². The van der Waals surface area contributed by atoms with Crippen molar-refractivity contribution in [3.05, 3.63) is 46.2 Å². The zero-order chi connectivity index (χ0) is 13.1. The van der Waals surface area contributed by atoms with Crippen LogP contribution in [-0.2, 0) is 0 Å². The molecular weight excluding hydrogens is 250 g/mol. The van der Waals surface area contributed by atoms with Gasteiger partial charge in [0.1, 0.15) is 5.82 Å². The van der Waals surface area contributed by atoms with E-state index >= 15 is 0 Å². The smallest absolute Gasteiger partial charge is 0.253 e. The van der Waals surface area contributed by atoms with E-state index in [0.717, 1.165) is 10.5 Å². The minimum absolute atomic E-state index is 0.196. The second-order valence-corrected chi connectivity index (χ2v) is 4.88. The molecule has 0 fully saturated rings. The molecule has 0 aliphatic rings. The fraction of sp³-hybridized carbons (Fsp3) is 0.167. The van der Waals surface area contributed by atoms with Crippen LogP contribution in [-0.4, -0.2) is 15.1 Å². The number of nitrogens with zero attached hydrogens (tertiary/aromatic N) is 1. The topological polar surface area (TPSA) is 92.0 Å². The fourth-order valence-corrected chi connectivity index (χ4v) is 2.23. The maximum atomic E-state index is 11.2. The van der Waals surface area contributed by atoms with E-state index < -0.39 is 6.10 Å². The molecule has 18 heavy (non-hydrogen) atoms. The lowest BCUT2D eigenvalue weighted by Gasteiger charge is -2.05. The highest BCUT2D eigenvalue weighted by molar-refractivity contribution is 7.99. The first-order valence-electron chi connectivity index (χ1n) is 5.37. The summed E-state index contributed by atoms with van der Waals surface area (Å²) in [5.41, 5.74) is 6.07. The molecule has 94 valence electrons. The highest BCUT2D eigenvalue weighted by atomic mass is 32.2. The molecule has 1 aromatic heterocycles. The van der Waals surface area contributed by atoms with Gasteiger partial charge >= 0.3 is 0 Å². The Morgan fingerprint density at radius 1 is 1.39 bits per heavy atom. The van der Waals surface area contributed by atoms with Crippen LogP contribution in [0.3, 0.4) is 0 Å². The van der Waals surface area contributed by atoms with Crippen molar-refractivity contribution in [2.75, 3.05) is 5.73 Å². The molecule has 0 bridgehead atoms. The van der Waals surface area contributed by atoms with Gasteiger partial charge in [-0.2, -0.15) is 0 Å². The van der Waals surface area contributed by atoms with Crippen LogP contribution in [0.25, 0.3) is 0 Å². The third-order valence-corrected chi connectivity index (χ3v) is 3.21. The summed E-state index contributed by atoms with van der Waals surface area (Å²) in [6.07, 6.45) is -0.491. The molecule has 4 N–H and O–H groups in total.